The Hall–Kier alpha value is -2.25. The van der Waals surface area contributed by atoms with Gasteiger partial charge in [0, 0.05) is 11.5 Å². The van der Waals surface area contributed by atoms with Gasteiger partial charge in [0.2, 0.25) is 0 Å². The van der Waals surface area contributed by atoms with Crippen LogP contribution in [0.3, 0.4) is 0 Å². The van der Waals surface area contributed by atoms with Crippen molar-refractivity contribution >= 4 is 5.97 Å². The van der Waals surface area contributed by atoms with Crippen molar-refractivity contribution in [2.24, 2.45) is 0 Å². The molecule has 0 amide bonds. The minimum atomic E-state index is -4.87. The lowest BCUT2D eigenvalue weighted by Gasteiger charge is -2.24. The van der Waals surface area contributed by atoms with Crippen molar-refractivity contribution in [3.63, 3.8) is 0 Å². The van der Waals surface area contributed by atoms with Crippen LogP contribution in [0.1, 0.15) is 28.3 Å². The monoisotopic (exact) mass is 350 g/mol. The molecule has 0 saturated heterocycles. The molecule has 8 heteroatoms. The summed E-state index contributed by atoms with van der Waals surface area (Å²) in [7, 11) is 1.16. The molecule has 1 atom stereocenters. The molecule has 0 aliphatic heterocycles. The highest BCUT2D eigenvalue weighted by Gasteiger charge is 2.42. The Morgan fingerprint density at radius 2 is 1.62 bits per heavy atom. The number of allylic oxidation sites excluding steroid dienone is 4. The molecule has 0 radical (unpaired) electrons. The van der Waals surface area contributed by atoms with Crippen molar-refractivity contribution < 1.29 is 35.9 Å². The third-order valence-electron chi connectivity index (χ3n) is 3.60. The summed E-state index contributed by atoms with van der Waals surface area (Å²) in [6, 6.07) is 5.24. The Bertz CT molecular complexity index is 680. The fraction of sp³-hybridized carbons (Fsp3) is 0.312. The van der Waals surface area contributed by atoms with Crippen LogP contribution in [0.25, 0.3) is 0 Å². The fourth-order valence-electron chi connectivity index (χ4n) is 2.38. The average molecular weight is 350 g/mol. The summed E-state index contributed by atoms with van der Waals surface area (Å²) in [5, 5.41) is 0. The molecule has 0 saturated carbocycles. The van der Waals surface area contributed by atoms with E-state index in [-0.39, 0.29) is 17.2 Å². The van der Waals surface area contributed by atoms with Crippen molar-refractivity contribution in [2.45, 2.75) is 24.7 Å². The van der Waals surface area contributed by atoms with E-state index in [1.54, 1.807) is 0 Å². The Kier molecular flexibility index (Phi) is 4.77. The second-order valence-corrected chi connectivity index (χ2v) is 5.21. The molecule has 0 N–H and O–H groups in total. The number of esters is 1. The Balaban J connectivity index is 2.38. The molecule has 1 aliphatic carbocycles. The van der Waals surface area contributed by atoms with Gasteiger partial charge in [0.25, 0.3) is 0 Å². The van der Waals surface area contributed by atoms with Crippen LogP contribution < -0.4 is 0 Å². The van der Waals surface area contributed by atoms with E-state index in [0.717, 1.165) is 13.2 Å². The number of carbonyl (C=O) groups is 1. The van der Waals surface area contributed by atoms with Crippen LogP contribution in [0.2, 0.25) is 0 Å². The van der Waals surface area contributed by atoms with Gasteiger partial charge in [-0.3, -0.25) is 0 Å². The number of methoxy groups -OCH3 is 1. The minimum absolute atomic E-state index is 0.138. The maximum Gasteiger partial charge on any atom is 0.416 e. The Labute approximate surface area is 133 Å². The lowest BCUT2D eigenvalue weighted by atomic mass is 9.84. The fourth-order valence-corrected chi connectivity index (χ4v) is 2.38. The number of benzene rings is 1. The summed E-state index contributed by atoms with van der Waals surface area (Å²) in [6.07, 6.45) is -9.40. The molecule has 1 aliphatic rings. The van der Waals surface area contributed by atoms with E-state index in [0.29, 0.717) is 0 Å². The molecular weight excluding hydrogens is 338 g/mol. The van der Waals surface area contributed by atoms with Crippen molar-refractivity contribution in [1.82, 2.24) is 0 Å². The van der Waals surface area contributed by atoms with Crippen LogP contribution in [0, 0.1) is 0 Å². The van der Waals surface area contributed by atoms with Crippen LogP contribution in [0.5, 0.6) is 0 Å². The molecular formula is C16H12F6O2. The molecule has 1 aromatic carbocycles. The summed E-state index contributed by atoms with van der Waals surface area (Å²) in [5.41, 5.74) is -2.16. The van der Waals surface area contributed by atoms with Gasteiger partial charge in [0.05, 0.1) is 18.2 Å². The van der Waals surface area contributed by atoms with Crippen molar-refractivity contribution in [1.29, 1.82) is 0 Å². The molecule has 0 aromatic heterocycles. The highest BCUT2D eigenvalue weighted by atomic mass is 19.4. The van der Waals surface area contributed by atoms with Gasteiger partial charge in [0.15, 0.2) is 0 Å². The van der Waals surface area contributed by atoms with E-state index in [9.17, 15) is 31.1 Å². The summed E-state index contributed by atoms with van der Waals surface area (Å²) in [4.78, 5) is 11.3. The highest BCUT2D eigenvalue weighted by molar-refractivity contribution is 5.89. The number of hydrogen-bond donors (Lipinski definition) is 0. The third kappa shape index (κ3) is 3.98. The number of rotatable bonds is 2. The molecule has 2 rings (SSSR count). The first-order chi connectivity index (χ1) is 11.0. The summed E-state index contributed by atoms with van der Waals surface area (Å²) in [6.45, 7) is 0. The van der Waals surface area contributed by atoms with E-state index >= 15 is 0 Å². The average Bonchev–Trinajstić information content (AvgIpc) is 2.52. The maximum absolute atomic E-state index is 12.9. The molecule has 0 heterocycles. The molecule has 2 nitrogen and oxygen atoms in total. The van der Waals surface area contributed by atoms with E-state index in [2.05, 4.69) is 4.74 Å². The first-order valence-electron chi connectivity index (χ1n) is 6.77. The van der Waals surface area contributed by atoms with E-state index in [1.807, 2.05) is 0 Å². The van der Waals surface area contributed by atoms with Crippen LogP contribution in [0.4, 0.5) is 26.3 Å². The van der Waals surface area contributed by atoms with E-state index < -0.39 is 41.8 Å². The van der Waals surface area contributed by atoms with Gasteiger partial charge in [-0.25, -0.2) is 4.79 Å². The zero-order valence-electron chi connectivity index (χ0n) is 12.3. The van der Waals surface area contributed by atoms with Gasteiger partial charge in [0.1, 0.15) is 0 Å². The van der Waals surface area contributed by atoms with E-state index in [1.165, 1.54) is 24.3 Å². The van der Waals surface area contributed by atoms with Crippen LogP contribution in [0.15, 0.2) is 47.6 Å². The van der Waals surface area contributed by atoms with Gasteiger partial charge in [-0.1, -0.05) is 18.2 Å². The second-order valence-electron chi connectivity index (χ2n) is 5.21. The highest BCUT2D eigenvalue weighted by Crippen LogP contribution is 2.42. The number of carbonyl (C=O) groups excluding carboxylic acids is 1. The largest absolute Gasteiger partial charge is 0.465 e. The van der Waals surface area contributed by atoms with Gasteiger partial charge < -0.3 is 4.74 Å². The Morgan fingerprint density at radius 1 is 1.04 bits per heavy atom. The normalized spacial score (nSPS) is 18.7. The number of alkyl halides is 6. The summed E-state index contributed by atoms with van der Waals surface area (Å²) < 4.78 is 81.7. The van der Waals surface area contributed by atoms with Crippen LogP contribution >= 0.6 is 0 Å². The van der Waals surface area contributed by atoms with Gasteiger partial charge in [-0.05, 0) is 30.2 Å². The maximum atomic E-state index is 12.9. The van der Waals surface area contributed by atoms with Gasteiger partial charge in [-0.15, -0.1) is 0 Å². The predicted octanol–water partition coefficient (Wildman–Crippen LogP) is 4.94. The molecule has 0 bridgehead atoms. The number of ether oxygens (including phenoxy) is 1. The van der Waals surface area contributed by atoms with Crippen molar-refractivity contribution in [3.8, 4) is 0 Å². The van der Waals surface area contributed by atoms with Gasteiger partial charge in [-0.2, -0.15) is 26.3 Å². The number of halogens is 6. The van der Waals surface area contributed by atoms with Crippen molar-refractivity contribution in [2.75, 3.05) is 7.11 Å². The molecule has 24 heavy (non-hydrogen) atoms. The zero-order chi connectivity index (χ0) is 18.1. The molecule has 130 valence electrons. The smallest absolute Gasteiger partial charge is 0.416 e. The summed E-state index contributed by atoms with van der Waals surface area (Å²) in [5.74, 6) is -1.73. The molecule has 0 spiro atoms. The second kappa shape index (κ2) is 6.33. The predicted molar refractivity (Wildman–Crippen MR) is 73.4 cm³/mol. The van der Waals surface area contributed by atoms with Gasteiger partial charge >= 0.3 is 18.3 Å². The minimum Gasteiger partial charge on any atom is -0.465 e. The van der Waals surface area contributed by atoms with Crippen molar-refractivity contribution in [3.05, 3.63) is 58.7 Å². The SMILES string of the molecule is COC(=O)c1ccc(C2C=C(C(F)(F)F)C=C(C(F)(F)F)C2)cc1. The first kappa shape index (κ1) is 18.1. The molecule has 0 fully saturated rings. The molecule has 1 unspecified atom stereocenters. The van der Waals surface area contributed by atoms with E-state index in [4.69, 9.17) is 0 Å². The quantitative estimate of drug-likeness (QED) is 0.558. The molecule has 1 aromatic rings. The van der Waals surface area contributed by atoms with Crippen LogP contribution in [-0.4, -0.2) is 25.4 Å². The summed E-state index contributed by atoms with van der Waals surface area (Å²) >= 11 is 0. The van der Waals surface area contributed by atoms with Crippen LogP contribution in [-0.2, 0) is 4.74 Å². The first-order valence-corrected chi connectivity index (χ1v) is 6.77. The lowest BCUT2D eigenvalue weighted by Crippen LogP contribution is -2.22. The zero-order valence-corrected chi connectivity index (χ0v) is 12.3. The third-order valence-corrected chi connectivity index (χ3v) is 3.60. The standard InChI is InChI=1S/C16H12F6O2/c1-24-14(23)10-4-2-9(3-5-10)11-6-12(15(17,18)19)8-13(7-11)16(20,21)22/h2-6,8,11H,7H2,1H3. The topological polar surface area (TPSA) is 26.3 Å². The Morgan fingerprint density at radius 3 is 2.08 bits per heavy atom. The lowest BCUT2D eigenvalue weighted by molar-refractivity contribution is -0.0991. The number of hydrogen-bond acceptors (Lipinski definition) is 2.